The van der Waals surface area contributed by atoms with Gasteiger partial charge in [0.2, 0.25) is 5.95 Å². The maximum Gasteiger partial charge on any atom is 0.243 e. The van der Waals surface area contributed by atoms with E-state index < -0.39 is 0 Å². The van der Waals surface area contributed by atoms with Crippen molar-refractivity contribution in [3.63, 3.8) is 0 Å². The Morgan fingerprint density at radius 3 is 2.30 bits per heavy atom. The summed E-state index contributed by atoms with van der Waals surface area (Å²) in [6.07, 6.45) is 0.766. The Morgan fingerprint density at radius 2 is 1.75 bits per heavy atom. The van der Waals surface area contributed by atoms with Crippen LogP contribution in [0.3, 0.4) is 0 Å². The zero-order chi connectivity index (χ0) is 14.5. The van der Waals surface area contributed by atoms with Crippen LogP contribution < -0.4 is 5.43 Å². The third kappa shape index (κ3) is 3.54. The molecule has 2 rings (SSSR count). The van der Waals surface area contributed by atoms with E-state index in [2.05, 4.69) is 20.5 Å². The molecule has 20 heavy (non-hydrogen) atoms. The molecule has 0 saturated carbocycles. The molecular formula is C15H18N4O. The van der Waals surface area contributed by atoms with Gasteiger partial charge in [0.25, 0.3) is 0 Å². The molecule has 1 aromatic carbocycles. The molecule has 0 spiro atoms. The molecule has 0 radical (unpaired) electrons. The lowest BCUT2D eigenvalue weighted by Gasteiger charge is -2.06. The van der Waals surface area contributed by atoms with Crippen molar-refractivity contribution >= 4 is 11.7 Å². The third-order valence-corrected chi connectivity index (χ3v) is 2.81. The summed E-state index contributed by atoms with van der Waals surface area (Å²) in [6.45, 7) is 5.87. The van der Waals surface area contributed by atoms with Crippen LogP contribution in [0.1, 0.15) is 30.3 Å². The van der Waals surface area contributed by atoms with Crippen LogP contribution in [0.15, 0.2) is 35.4 Å². The lowest BCUT2D eigenvalue weighted by atomic mass is 10.1. The SMILES string of the molecule is CC/C(=N\Nc1nc(C)cc(C)n1)c1ccc(O)cc1. The molecule has 5 heteroatoms. The van der Waals surface area contributed by atoms with Crippen molar-refractivity contribution in [2.75, 3.05) is 5.43 Å². The number of phenols is 1. The number of aryl methyl sites for hydroxylation is 2. The number of benzene rings is 1. The highest BCUT2D eigenvalue weighted by molar-refractivity contribution is 6.00. The first-order valence-electron chi connectivity index (χ1n) is 6.52. The molecule has 104 valence electrons. The highest BCUT2D eigenvalue weighted by Gasteiger charge is 2.03. The van der Waals surface area contributed by atoms with E-state index in [9.17, 15) is 5.11 Å². The molecule has 0 atom stereocenters. The van der Waals surface area contributed by atoms with Crippen LogP contribution in [0.25, 0.3) is 0 Å². The highest BCUT2D eigenvalue weighted by Crippen LogP contribution is 2.12. The molecule has 2 N–H and O–H groups in total. The predicted molar refractivity (Wildman–Crippen MR) is 80.1 cm³/mol. The number of hydrazone groups is 1. The number of hydrogen-bond donors (Lipinski definition) is 2. The minimum Gasteiger partial charge on any atom is -0.508 e. The van der Waals surface area contributed by atoms with Gasteiger partial charge in [0.15, 0.2) is 0 Å². The first kappa shape index (κ1) is 14.0. The average molecular weight is 270 g/mol. The summed E-state index contributed by atoms with van der Waals surface area (Å²) in [7, 11) is 0. The van der Waals surface area contributed by atoms with Crippen LogP contribution in [0.4, 0.5) is 5.95 Å². The van der Waals surface area contributed by atoms with Gasteiger partial charge in [0.1, 0.15) is 5.75 Å². The Labute approximate surface area is 118 Å². The summed E-state index contributed by atoms with van der Waals surface area (Å²) in [5.41, 5.74) is 6.54. The predicted octanol–water partition coefficient (Wildman–Crippen LogP) is 3.03. The summed E-state index contributed by atoms with van der Waals surface area (Å²) in [5.74, 6) is 0.738. The third-order valence-electron chi connectivity index (χ3n) is 2.81. The average Bonchev–Trinajstić information content (AvgIpc) is 2.40. The zero-order valence-corrected chi connectivity index (χ0v) is 11.9. The van der Waals surface area contributed by atoms with Crippen molar-refractivity contribution in [3.05, 3.63) is 47.3 Å². The molecule has 1 aromatic heterocycles. The summed E-state index contributed by atoms with van der Waals surface area (Å²) >= 11 is 0. The fourth-order valence-corrected chi connectivity index (χ4v) is 1.89. The van der Waals surface area contributed by atoms with E-state index >= 15 is 0 Å². The number of rotatable bonds is 4. The van der Waals surface area contributed by atoms with Gasteiger partial charge in [-0.15, -0.1) is 0 Å². The second-order valence-corrected chi connectivity index (χ2v) is 4.55. The van der Waals surface area contributed by atoms with Crippen LogP contribution in [0.5, 0.6) is 5.75 Å². The second-order valence-electron chi connectivity index (χ2n) is 4.55. The van der Waals surface area contributed by atoms with Crippen LogP contribution in [0.2, 0.25) is 0 Å². The van der Waals surface area contributed by atoms with Gasteiger partial charge >= 0.3 is 0 Å². The Morgan fingerprint density at radius 1 is 1.15 bits per heavy atom. The van der Waals surface area contributed by atoms with E-state index in [-0.39, 0.29) is 5.75 Å². The van der Waals surface area contributed by atoms with Crippen molar-refractivity contribution in [3.8, 4) is 5.75 Å². The lowest BCUT2D eigenvalue weighted by Crippen LogP contribution is -2.05. The summed E-state index contributed by atoms with van der Waals surface area (Å²) in [4.78, 5) is 8.56. The van der Waals surface area contributed by atoms with Gasteiger partial charge in [-0.1, -0.05) is 6.92 Å². The summed E-state index contributed by atoms with van der Waals surface area (Å²) in [6, 6.07) is 8.88. The smallest absolute Gasteiger partial charge is 0.243 e. The first-order chi connectivity index (χ1) is 9.58. The normalized spacial score (nSPS) is 11.4. The molecule has 2 aromatic rings. The van der Waals surface area contributed by atoms with Crippen molar-refractivity contribution in [1.29, 1.82) is 0 Å². The Hall–Kier alpha value is -2.43. The Balaban J connectivity index is 2.21. The van der Waals surface area contributed by atoms with Gasteiger partial charge < -0.3 is 5.11 Å². The van der Waals surface area contributed by atoms with E-state index in [0.717, 1.165) is 29.1 Å². The van der Waals surface area contributed by atoms with Crippen molar-refractivity contribution in [2.24, 2.45) is 5.10 Å². The number of aromatic nitrogens is 2. The molecule has 0 aliphatic heterocycles. The maximum absolute atomic E-state index is 9.30. The number of hydrogen-bond acceptors (Lipinski definition) is 5. The van der Waals surface area contributed by atoms with Crippen LogP contribution >= 0.6 is 0 Å². The van der Waals surface area contributed by atoms with Gasteiger partial charge in [-0.2, -0.15) is 5.10 Å². The molecule has 0 bridgehead atoms. The molecular weight excluding hydrogens is 252 g/mol. The Kier molecular flexibility index (Phi) is 4.30. The number of nitrogens with one attached hydrogen (secondary N) is 1. The van der Waals surface area contributed by atoms with E-state index in [0.29, 0.717) is 5.95 Å². The van der Waals surface area contributed by atoms with Crippen molar-refractivity contribution in [2.45, 2.75) is 27.2 Å². The number of aromatic hydroxyl groups is 1. The number of anilines is 1. The van der Waals surface area contributed by atoms with E-state index in [1.807, 2.05) is 39.0 Å². The Bertz CT molecular complexity index is 600. The maximum atomic E-state index is 9.30. The van der Waals surface area contributed by atoms with Gasteiger partial charge in [-0.3, -0.25) is 0 Å². The van der Waals surface area contributed by atoms with Crippen LogP contribution in [-0.2, 0) is 0 Å². The van der Waals surface area contributed by atoms with Gasteiger partial charge in [-0.25, -0.2) is 15.4 Å². The molecule has 0 aliphatic rings. The van der Waals surface area contributed by atoms with Gasteiger partial charge in [-0.05, 0) is 56.2 Å². The zero-order valence-electron chi connectivity index (χ0n) is 11.9. The van der Waals surface area contributed by atoms with Gasteiger partial charge in [0, 0.05) is 11.4 Å². The first-order valence-corrected chi connectivity index (χ1v) is 6.52. The molecule has 5 nitrogen and oxygen atoms in total. The fourth-order valence-electron chi connectivity index (χ4n) is 1.89. The van der Waals surface area contributed by atoms with E-state index in [1.165, 1.54) is 0 Å². The number of phenolic OH excluding ortho intramolecular Hbond substituents is 1. The van der Waals surface area contributed by atoms with E-state index in [1.54, 1.807) is 12.1 Å². The summed E-state index contributed by atoms with van der Waals surface area (Å²) < 4.78 is 0. The molecule has 0 unspecified atom stereocenters. The molecule has 0 fully saturated rings. The highest BCUT2D eigenvalue weighted by atomic mass is 16.3. The quantitative estimate of drug-likeness (QED) is 0.661. The second kappa shape index (κ2) is 6.14. The molecule has 0 aliphatic carbocycles. The minimum absolute atomic E-state index is 0.245. The lowest BCUT2D eigenvalue weighted by molar-refractivity contribution is 0.475. The van der Waals surface area contributed by atoms with Gasteiger partial charge in [0.05, 0.1) is 5.71 Å². The molecule has 0 saturated heterocycles. The monoisotopic (exact) mass is 270 g/mol. The largest absolute Gasteiger partial charge is 0.508 e. The minimum atomic E-state index is 0.245. The fraction of sp³-hybridized carbons (Fsp3) is 0.267. The van der Waals surface area contributed by atoms with Crippen LogP contribution in [-0.4, -0.2) is 20.8 Å². The van der Waals surface area contributed by atoms with Crippen LogP contribution in [0, 0.1) is 13.8 Å². The topological polar surface area (TPSA) is 70.4 Å². The van der Waals surface area contributed by atoms with Crippen molar-refractivity contribution < 1.29 is 5.11 Å². The molecule has 0 amide bonds. The van der Waals surface area contributed by atoms with E-state index in [4.69, 9.17) is 0 Å². The molecule has 1 heterocycles. The summed E-state index contributed by atoms with van der Waals surface area (Å²) in [5, 5.41) is 13.7. The standard InChI is InChI=1S/C15H18N4O/c1-4-14(12-5-7-13(20)8-6-12)18-19-15-16-10(2)9-11(3)17-15/h5-9,20H,4H2,1-3H3,(H,16,17,19)/b18-14+. The van der Waals surface area contributed by atoms with Crippen molar-refractivity contribution in [1.82, 2.24) is 9.97 Å². The number of nitrogens with zero attached hydrogens (tertiary/aromatic N) is 3.